The third kappa shape index (κ3) is 3.20. The fraction of sp³-hybridized carbons (Fsp3) is 0.833. The first kappa shape index (κ1) is 19.4. The van der Waals surface area contributed by atoms with Crippen LogP contribution in [0.5, 0.6) is 0 Å². The number of carbonyl (C=O) groups excluding carboxylic acids is 3. The third-order valence-corrected chi connectivity index (χ3v) is 6.82. The second-order valence-electron chi connectivity index (χ2n) is 8.23. The number of fused-ring (bicyclic) bond motifs is 1. The van der Waals surface area contributed by atoms with Gasteiger partial charge in [0.25, 0.3) is 5.91 Å². The first-order valence-electron chi connectivity index (χ1n) is 9.65. The lowest BCUT2D eigenvalue weighted by molar-refractivity contribution is -0.139. The van der Waals surface area contributed by atoms with Crippen molar-refractivity contribution in [1.82, 2.24) is 20.4 Å². The Labute approximate surface area is 160 Å². The van der Waals surface area contributed by atoms with Crippen molar-refractivity contribution < 1.29 is 14.4 Å². The van der Waals surface area contributed by atoms with E-state index in [0.717, 1.165) is 50.3 Å². The molecule has 1 spiro atoms. The summed E-state index contributed by atoms with van der Waals surface area (Å²) in [5.74, 6) is 1.38. The van der Waals surface area contributed by atoms with E-state index >= 15 is 0 Å². The minimum absolute atomic E-state index is 0. The van der Waals surface area contributed by atoms with Gasteiger partial charge in [-0.1, -0.05) is 13.3 Å². The van der Waals surface area contributed by atoms with E-state index in [1.165, 1.54) is 0 Å². The van der Waals surface area contributed by atoms with Crippen LogP contribution in [-0.4, -0.2) is 65.9 Å². The molecule has 26 heavy (non-hydrogen) atoms. The number of nitrogens with zero attached hydrogens (tertiary/aromatic N) is 2. The molecule has 3 heterocycles. The minimum atomic E-state index is -0.755. The Balaban J connectivity index is 0.00000196. The second kappa shape index (κ2) is 7.35. The summed E-state index contributed by atoms with van der Waals surface area (Å²) in [5.41, 5.74) is -0.755. The van der Waals surface area contributed by atoms with Crippen molar-refractivity contribution in [3.8, 4) is 0 Å². The van der Waals surface area contributed by atoms with Gasteiger partial charge in [0.2, 0.25) is 5.91 Å². The minimum Gasteiger partial charge on any atom is -0.340 e. The molecule has 146 valence electrons. The van der Waals surface area contributed by atoms with Crippen molar-refractivity contribution in [2.45, 2.75) is 44.6 Å². The molecule has 7 nitrogen and oxygen atoms in total. The van der Waals surface area contributed by atoms with Gasteiger partial charge in [-0.05, 0) is 43.4 Å². The zero-order chi connectivity index (χ0) is 17.6. The van der Waals surface area contributed by atoms with E-state index in [-0.39, 0.29) is 30.8 Å². The summed E-state index contributed by atoms with van der Waals surface area (Å²) in [5, 5.41) is 6.26. The summed E-state index contributed by atoms with van der Waals surface area (Å²) in [6, 6.07) is -0.394. The van der Waals surface area contributed by atoms with Gasteiger partial charge in [0.05, 0.1) is 0 Å². The highest BCUT2D eigenvalue weighted by atomic mass is 35.5. The van der Waals surface area contributed by atoms with Gasteiger partial charge in [0, 0.05) is 26.2 Å². The molecule has 0 aromatic heterocycles. The topological polar surface area (TPSA) is 81.8 Å². The lowest BCUT2D eigenvalue weighted by Crippen LogP contribution is -2.50. The lowest BCUT2D eigenvalue weighted by Gasteiger charge is -2.34. The van der Waals surface area contributed by atoms with Gasteiger partial charge in [0.1, 0.15) is 12.1 Å². The van der Waals surface area contributed by atoms with Crippen LogP contribution in [0.2, 0.25) is 0 Å². The van der Waals surface area contributed by atoms with Crippen LogP contribution in [0.1, 0.15) is 39.0 Å². The molecule has 4 fully saturated rings. The van der Waals surface area contributed by atoms with E-state index in [0.29, 0.717) is 30.6 Å². The smallest absolute Gasteiger partial charge is 0.325 e. The van der Waals surface area contributed by atoms with Crippen molar-refractivity contribution in [2.75, 3.05) is 32.7 Å². The largest absolute Gasteiger partial charge is 0.340 e. The number of amides is 4. The molecule has 1 aliphatic carbocycles. The van der Waals surface area contributed by atoms with Gasteiger partial charge in [-0.25, -0.2) is 4.79 Å². The summed E-state index contributed by atoms with van der Waals surface area (Å²) < 4.78 is 0. The van der Waals surface area contributed by atoms with Crippen LogP contribution in [0.15, 0.2) is 0 Å². The monoisotopic (exact) mass is 384 g/mol. The Bertz CT molecular complexity index is 579. The summed E-state index contributed by atoms with van der Waals surface area (Å²) in [6.07, 6.45) is 4.44. The number of carbonyl (C=O) groups is 3. The van der Waals surface area contributed by atoms with Crippen LogP contribution in [0.25, 0.3) is 0 Å². The van der Waals surface area contributed by atoms with Crippen molar-refractivity contribution in [2.24, 2.45) is 17.8 Å². The fourth-order valence-corrected chi connectivity index (χ4v) is 5.03. The van der Waals surface area contributed by atoms with Crippen LogP contribution < -0.4 is 10.6 Å². The van der Waals surface area contributed by atoms with E-state index in [9.17, 15) is 14.4 Å². The van der Waals surface area contributed by atoms with Gasteiger partial charge >= 0.3 is 6.03 Å². The third-order valence-electron chi connectivity index (χ3n) is 6.82. The molecule has 2 atom stereocenters. The number of hydrogen-bond donors (Lipinski definition) is 2. The first-order valence-corrected chi connectivity index (χ1v) is 9.65. The van der Waals surface area contributed by atoms with E-state index in [1.54, 1.807) is 0 Å². The number of hydrogen-bond acceptors (Lipinski definition) is 4. The zero-order valence-electron chi connectivity index (χ0n) is 15.3. The standard InChI is InChI=1S/C18H28N4O3.ClH/c1-2-12-3-5-18(6-4-12)16(24)22(17(25)20-18)11-15(23)21-9-13-7-19-8-14(13)10-21;/h12-14,19H,2-11H2,1H3,(H,20,25);1H/t12?,13-,14+,18?;. The second-order valence-corrected chi connectivity index (χ2v) is 8.23. The maximum Gasteiger partial charge on any atom is 0.325 e. The molecule has 4 amide bonds. The Morgan fingerprint density at radius 3 is 2.35 bits per heavy atom. The predicted octanol–water partition coefficient (Wildman–Crippen LogP) is 0.977. The van der Waals surface area contributed by atoms with Crippen LogP contribution in [0.4, 0.5) is 4.79 Å². The van der Waals surface area contributed by atoms with Gasteiger partial charge in [-0.15, -0.1) is 12.4 Å². The van der Waals surface area contributed by atoms with Crippen LogP contribution >= 0.6 is 12.4 Å². The Morgan fingerprint density at radius 1 is 1.15 bits per heavy atom. The van der Waals surface area contributed by atoms with Crippen LogP contribution in [-0.2, 0) is 9.59 Å². The highest BCUT2D eigenvalue weighted by Crippen LogP contribution is 2.37. The average molecular weight is 385 g/mol. The molecule has 0 bridgehead atoms. The Kier molecular flexibility index (Phi) is 5.49. The predicted molar refractivity (Wildman–Crippen MR) is 98.9 cm³/mol. The van der Waals surface area contributed by atoms with Crippen molar-refractivity contribution in [1.29, 1.82) is 0 Å². The summed E-state index contributed by atoms with van der Waals surface area (Å²) in [4.78, 5) is 40.9. The summed E-state index contributed by atoms with van der Waals surface area (Å²) in [6.45, 7) is 5.45. The molecule has 4 rings (SSSR count). The molecule has 0 radical (unpaired) electrons. The normalized spacial score (nSPS) is 36.3. The van der Waals surface area contributed by atoms with Crippen LogP contribution in [0.3, 0.4) is 0 Å². The Morgan fingerprint density at radius 2 is 1.77 bits per heavy atom. The summed E-state index contributed by atoms with van der Waals surface area (Å²) >= 11 is 0. The first-order chi connectivity index (χ1) is 12.0. The molecule has 2 N–H and O–H groups in total. The number of halogens is 1. The van der Waals surface area contributed by atoms with E-state index < -0.39 is 11.6 Å². The average Bonchev–Trinajstić information content (AvgIpc) is 3.25. The molecule has 4 aliphatic rings. The maximum absolute atomic E-state index is 12.9. The highest BCUT2D eigenvalue weighted by molar-refractivity contribution is 6.09. The van der Waals surface area contributed by atoms with E-state index in [1.807, 2.05) is 4.90 Å². The van der Waals surface area contributed by atoms with E-state index in [2.05, 4.69) is 17.6 Å². The van der Waals surface area contributed by atoms with Crippen molar-refractivity contribution >= 4 is 30.3 Å². The fourth-order valence-electron chi connectivity index (χ4n) is 5.03. The van der Waals surface area contributed by atoms with Gasteiger partial charge in [-0.2, -0.15) is 0 Å². The molecular weight excluding hydrogens is 356 g/mol. The highest BCUT2D eigenvalue weighted by Gasteiger charge is 2.53. The number of urea groups is 1. The molecular formula is C18H29ClN4O3. The maximum atomic E-state index is 12.9. The molecule has 0 unspecified atom stereocenters. The SMILES string of the molecule is CCC1CCC2(CC1)NC(=O)N(CC(=O)N1C[C@H]3CNC[C@H]3C1)C2=O.Cl. The van der Waals surface area contributed by atoms with Gasteiger partial charge in [0.15, 0.2) is 0 Å². The number of nitrogens with one attached hydrogen (secondary N) is 2. The molecule has 8 heteroatoms. The number of rotatable bonds is 3. The van der Waals surface area contributed by atoms with Gasteiger partial charge < -0.3 is 15.5 Å². The number of imide groups is 1. The quantitative estimate of drug-likeness (QED) is 0.710. The Hall–Kier alpha value is -1.34. The molecule has 0 aromatic rings. The summed E-state index contributed by atoms with van der Waals surface area (Å²) in [7, 11) is 0. The van der Waals surface area contributed by atoms with Crippen molar-refractivity contribution in [3.05, 3.63) is 0 Å². The van der Waals surface area contributed by atoms with Crippen molar-refractivity contribution in [3.63, 3.8) is 0 Å². The van der Waals surface area contributed by atoms with E-state index in [4.69, 9.17) is 0 Å². The zero-order valence-corrected chi connectivity index (χ0v) is 16.1. The van der Waals surface area contributed by atoms with Crippen LogP contribution in [0, 0.1) is 17.8 Å². The lowest BCUT2D eigenvalue weighted by atomic mass is 9.75. The molecule has 1 saturated carbocycles. The van der Waals surface area contributed by atoms with Gasteiger partial charge in [-0.3, -0.25) is 14.5 Å². The number of likely N-dealkylation sites (tertiary alicyclic amines) is 1. The molecule has 3 saturated heterocycles. The molecule has 0 aromatic carbocycles. The molecule has 3 aliphatic heterocycles.